The van der Waals surface area contributed by atoms with Crippen LogP contribution >= 0.6 is 0 Å². The van der Waals surface area contributed by atoms with E-state index in [1.165, 1.54) is 0 Å². The summed E-state index contributed by atoms with van der Waals surface area (Å²) in [6.45, 7) is -0.218. The molecule has 3 N–H and O–H groups in total. The molecule has 1 aromatic rings. The summed E-state index contributed by atoms with van der Waals surface area (Å²) in [4.78, 5) is 0. The van der Waals surface area contributed by atoms with Crippen LogP contribution in [0.15, 0.2) is 30.3 Å². The van der Waals surface area contributed by atoms with Gasteiger partial charge in [-0.2, -0.15) is 0 Å². The van der Waals surface area contributed by atoms with Gasteiger partial charge in [-0.1, -0.05) is 35.6 Å². The van der Waals surface area contributed by atoms with Gasteiger partial charge in [0.15, 0.2) is 0 Å². The molecule has 0 aliphatic carbocycles. The highest BCUT2D eigenvalue weighted by molar-refractivity contribution is 5.17. The topological polar surface area (TPSA) is 63.9 Å². The van der Waals surface area contributed by atoms with Gasteiger partial charge in [0, 0.05) is 0 Å². The van der Waals surface area contributed by atoms with E-state index in [-0.39, 0.29) is 11.8 Å². The SMILES string of the molecule is OC(CN(O)O)c1ccccc1. The fourth-order valence-corrected chi connectivity index (χ4v) is 0.935. The molecule has 0 spiro atoms. The van der Waals surface area contributed by atoms with E-state index in [9.17, 15) is 5.11 Å². The lowest BCUT2D eigenvalue weighted by Gasteiger charge is -2.12. The second kappa shape index (κ2) is 4.18. The summed E-state index contributed by atoms with van der Waals surface area (Å²) in [7, 11) is 0. The first-order valence-corrected chi connectivity index (χ1v) is 3.58. The van der Waals surface area contributed by atoms with Crippen LogP contribution in [0.4, 0.5) is 0 Å². The van der Waals surface area contributed by atoms with E-state index >= 15 is 0 Å². The zero-order valence-corrected chi connectivity index (χ0v) is 6.46. The second-order valence-corrected chi connectivity index (χ2v) is 2.48. The molecular formula is C8H11NO3. The van der Waals surface area contributed by atoms with Crippen molar-refractivity contribution in [1.29, 1.82) is 0 Å². The van der Waals surface area contributed by atoms with Crippen LogP contribution < -0.4 is 0 Å². The quantitative estimate of drug-likeness (QED) is 0.585. The van der Waals surface area contributed by atoms with Crippen molar-refractivity contribution in [2.75, 3.05) is 6.54 Å². The van der Waals surface area contributed by atoms with Crippen molar-refractivity contribution in [3.05, 3.63) is 35.9 Å². The fraction of sp³-hybridized carbons (Fsp3) is 0.250. The van der Waals surface area contributed by atoms with E-state index in [1.54, 1.807) is 24.3 Å². The molecular weight excluding hydrogens is 158 g/mol. The maximum atomic E-state index is 9.33. The summed E-state index contributed by atoms with van der Waals surface area (Å²) in [5, 5.41) is 26.1. The van der Waals surface area contributed by atoms with Gasteiger partial charge in [0.1, 0.15) is 0 Å². The number of nitrogens with zero attached hydrogens (tertiary/aromatic N) is 1. The molecule has 0 saturated heterocycles. The molecule has 0 aliphatic rings. The summed E-state index contributed by atoms with van der Waals surface area (Å²) in [5.74, 6) is 0. The van der Waals surface area contributed by atoms with Crippen LogP contribution in [0.25, 0.3) is 0 Å². The molecule has 0 heterocycles. The zero-order chi connectivity index (χ0) is 8.97. The maximum Gasteiger partial charge on any atom is 0.0964 e. The molecule has 1 rings (SSSR count). The summed E-state index contributed by atoms with van der Waals surface area (Å²) >= 11 is 0. The van der Waals surface area contributed by atoms with E-state index in [1.807, 2.05) is 6.07 Å². The van der Waals surface area contributed by atoms with Crippen LogP contribution in [0.5, 0.6) is 0 Å². The van der Waals surface area contributed by atoms with E-state index < -0.39 is 6.10 Å². The van der Waals surface area contributed by atoms with Crippen LogP contribution in [0.3, 0.4) is 0 Å². The highest BCUT2D eigenvalue weighted by Crippen LogP contribution is 2.11. The zero-order valence-electron chi connectivity index (χ0n) is 6.46. The van der Waals surface area contributed by atoms with Gasteiger partial charge in [0.05, 0.1) is 12.6 Å². The van der Waals surface area contributed by atoms with Gasteiger partial charge < -0.3 is 5.11 Å². The number of rotatable bonds is 3. The molecule has 0 aliphatic heterocycles. The van der Waals surface area contributed by atoms with Gasteiger partial charge in [-0.25, -0.2) is 0 Å². The van der Waals surface area contributed by atoms with Gasteiger partial charge in [-0.3, -0.25) is 10.4 Å². The average Bonchev–Trinajstić information content (AvgIpc) is 2.05. The standard InChI is InChI=1S/C8H11NO3/c10-8(6-9(11)12)7-4-2-1-3-5-7/h1-5,8,10-12H,6H2. The number of hydrogen-bond acceptors (Lipinski definition) is 4. The molecule has 12 heavy (non-hydrogen) atoms. The Morgan fingerprint density at radius 2 is 1.75 bits per heavy atom. The Hall–Kier alpha value is -0.940. The largest absolute Gasteiger partial charge is 0.387 e. The van der Waals surface area contributed by atoms with E-state index in [2.05, 4.69) is 0 Å². The molecule has 66 valence electrons. The molecule has 1 unspecified atom stereocenters. The van der Waals surface area contributed by atoms with Crippen molar-refractivity contribution in [2.45, 2.75) is 6.10 Å². The lowest BCUT2D eigenvalue weighted by Crippen LogP contribution is -2.21. The van der Waals surface area contributed by atoms with E-state index in [0.29, 0.717) is 5.56 Å². The molecule has 0 radical (unpaired) electrons. The normalized spacial score (nSPS) is 13.3. The van der Waals surface area contributed by atoms with Gasteiger partial charge in [-0.05, 0) is 5.56 Å². The Balaban J connectivity index is 2.59. The third kappa shape index (κ3) is 2.60. The number of benzene rings is 1. The van der Waals surface area contributed by atoms with Crippen LogP contribution in [0.1, 0.15) is 11.7 Å². The second-order valence-electron chi connectivity index (χ2n) is 2.48. The predicted octanol–water partition coefficient (Wildman–Crippen LogP) is 0.800. The first kappa shape index (κ1) is 9.15. The van der Waals surface area contributed by atoms with E-state index in [4.69, 9.17) is 10.4 Å². The Morgan fingerprint density at radius 3 is 2.25 bits per heavy atom. The summed E-state index contributed by atoms with van der Waals surface area (Å²) < 4.78 is 0. The number of aliphatic hydroxyl groups is 1. The molecule has 0 aromatic heterocycles. The minimum absolute atomic E-state index is 0.0301. The number of hydroxylamine groups is 2. The number of hydrogen-bond donors (Lipinski definition) is 3. The third-order valence-corrected chi connectivity index (χ3v) is 1.52. The molecule has 1 atom stereocenters. The van der Waals surface area contributed by atoms with Crippen molar-refractivity contribution in [1.82, 2.24) is 5.23 Å². The predicted molar refractivity (Wildman–Crippen MR) is 41.7 cm³/mol. The van der Waals surface area contributed by atoms with Crippen molar-refractivity contribution >= 4 is 0 Å². The molecule has 4 nitrogen and oxygen atoms in total. The number of aliphatic hydroxyl groups excluding tert-OH is 1. The van der Waals surface area contributed by atoms with Gasteiger partial charge >= 0.3 is 0 Å². The van der Waals surface area contributed by atoms with E-state index in [0.717, 1.165) is 0 Å². The summed E-state index contributed by atoms with van der Waals surface area (Å²) in [6.07, 6.45) is -0.874. The lowest BCUT2D eigenvalue weighted by molar-refractivity contribution is -0.315. The van der Waals surface area contributed by atoms with Crippen LogP contribution in [-0.2, 0) is 0 Å². The molecule has 4 heteroatoms. The lowest BCUT2D eigenvalue weighted by atomic mass is 10.1. The molecule has 0 amide bonds. The van der Waals surface area contributed by atoms with Crippen molar-refractivity contribution in [3.63, 3.8) is 0 Å². The monoisotopic (exact) mass is 169 g/mol. The average molecular weight is 169 g/mol. The third-order valence-electron chi connectivity index (χ3n) is 1.52. The Labute approximate surface area is 70.2 Å². The van der Waals surface area contributed by atoms with Gasteiger partial charge in [-0.15, -0.1) is 0 Å². The first-order chi connectivity index (χ1) is 5.70. The van der Waals surface area contributed by atoms with Gasteiger partial charge in [0.2, 0.25) is 0 Å². The first-order valence-electron chi connectivity index (χ1n) is 3.58. The minimum atomic E-state index is -0.874. The summed E-state index contributed by atoms with van der Waals surface area (Å²) in [5.41, 5.74) is 0.658. The highest BCUT2D eigenvalue weighted by atomic mass is 16.8. The van der Waals surface area contributed by atoms with Crippen molar-refractivity contribution < 1.29 is 15.5 Å². The molecule has 0 fully saturated rings. The highest BCUT2D eigenvalue weighted by Gasteiger charge is 2.08. The maximum absolute atomic E-state index is 9.33. The minimum Gasteiger partial charge on any atom is -0.387 e. The van der Waals surface area contributed by atoms with Crippen LogP contribution in [-0.4, -0.2) is 27.3 Å². The van der Waals surface area contributed by atoms with Gasteiger partial charge in [0.25, 0.3) is 0 Å². The smallest absolute Gasteiger partial charge is 0.0964 e. The van der Waals surface area contributed by atoms with Crippen molar-refractivity contribution in [3.8, 4) is 0 Å². The molecule has 0 saturated carbocycles. The van der Waals surface area contributed by atoms with Crippen LogP contribution in [0.2, 0.25) is 0 Å². The molecule has 1 aromatic carbocycles. The Bertz CT molecular complexity index is 225. The van der Waals surface area contributed by atoms with Crippen molar-refractivity contribution in [2.24, 2.45) is 0 Å². The molecule has 0 bridgehead atoms. The van der Waals surface area contributed by atoms with Crippen LogP contribution in [0, 0.1) is 0 Å². The fourth-order valence-electron chi connectivity index (χ4n) is 0.935. The summed E-state index contributed by atoms with van der Waals surface area (Å²) in [6, 6.07) is 8.81. The Kier molecular flexibility index (Phi) is 3.19. The Morgan fingerprint density at radius 1 is 1.17 bits per heavy atom.